The monoisotopic (exact) mass is 291 g/mol. The van der Waals surface area contributed by atoms with Crippen molar-refractivity contribution in [1.29, 1.82) is 0 Å². The highest BCUT2D eigenvalue weighted by molar-refractivity contribution is 6.36. The molecule has 1 aromatic carbocycles. The maximum Gasteiger partial charge on any atom is 0.336 e. The van der Waals surface area contributed by atoms with Crippen molar-refractivity contribution in [3.05, 3.63) is 40.0 Å². The molecule has 1 N–H and O–H groups in total. The van der Waals surface area contributed by atoms with Crippen molar-refractivity contribution >= 4 is 28.5 Å². The second-order valence-electron chi connectivity index (χ2n) is 4.95. The van der Waals surface area contributed by atoms with Crippen molar-refractivity contribution in [3.8, 4) is 0 Å². The average Bonchev–Trinajstić information content (AvgIpc) is 2.44. The Bertz CT molecular complexity index is 699. The van der Waals surface area contributed by atoms with E-state index in [1.807, 2.05) is 0 Å². The first-order valence-corrected chi connectivity index (χ1v) is 6.85. The smallest absolute Gasteiger partial charge is 0.336 e. The largest absolute Gasteiger partial charge is 0.478 e. The van der Waals surface area contributed by atoms with Crippen LogP contribution in [0.1, 0.15) is 28.0 Å². The quantitative estimate of drug-likeness (QED) is 0.924. The molecule has 0 spiro atoms. The number of aromatic carboxylic acids is 1. The number of hydrogen-bond donors (Lipinski definition) is 1. The molecule has 1 atom stereocenters. The highest BCUT2D eigenvalue weighted by Crippen LogP contribution is 2.33. The summed E-state index contributed by atoms with van der Waals surface area (Å²) in [6.07, 6.45) is 2.21. The Morgan fingerprint density at radius 2 is 2.30 bits per heavy atom. The summed E-state index contributed by atoms with van der Waals surface area (Å²) in [4.78, 5) is 16.3. The third kappa shape index (κ3) is 2.05. The van der Waals surface area contributed by atoms with E-state index in [1.54, 1.807) is 25.3 Å². The van der Waals surface area contributed by atoms with E-state index in [1.165, 1.54) is 0 Å². The first-order valence-electron chi connectivity index (χ1n) is 6.48. The molecule has 0 aliphatic heterocycles. The standard InChI is InChI=1S/C15H14ClNO3/c1-20-8-5-6-11-9(7-8)13(15(18)19)14-10(16)3-2-4-12(14)17-11/h2-4,8H,5-7H2,1H3,(H,18,19). The number of benzene rings is 1. The maximum absolute atomic E-state index is 11.7. The molecule has 0 saturated carbocycles. The molecule has 1 aliphatic rings. The SMILES string of the molecule is COC1CCc2nc3cccc(Cl)c3c(C(=O)O)c2C1. The summed E-state index contributed by atoms with van der Waals surface area (Å²) in [6, 6.07) is 5.29. The van der Waals surface area contributed by atoms with E-state index in [0.29, 0.717) is 22.3 Å². The van der Waals surface area contributed by atoms with Gasteiger partial charge in [-0.2, -0.15) is 0 Å². The average molecular weight is 292 g/mol. The number of carboxylic acids is 1. The second-order valence-corrected chi connectivity index (χ2v) is 5.36. The summed E-state index contributed by atoms with van der Waals surface area (Å²) in [5, 5.41) is 10.5. The Balaban J connectivity index is 2.33. The van der Waals surface area contributed by atoms with Crippen LogP contribution in [-0.4, -0.2) is 29.3 Å². The highest BCUT2D eigenvalue weighted by atomic mass is 35.5. The first-order chi connectivity index (χ1) is 9.61. The Labute approximate surface area is 121 Å². The summed E-state index contributed by atoms with van der Waals surface area (Å²) in [5.74, 6) is -0.960. The van der Waals surface area contributed by atoms with Gasteiger partial charge >= 0.3 is 5.97 Å². The molecule has 20 heavy (non-hydrogen) atoms. The predicted octanol–water partition coefficient (Wildman–Crippen LogP) is 3.09. The van der Waals surface area contributed by atoms with Crippen molar-refractivity contribution in [1.82, 2.24) is 4.98 Å². The summed E-state index contributed by atoms with van der Waals surface area (Å²) >= 11 is 6.18. The molecule has 1 heterocycles. The molecular weight excluding hydrogens is 278 g/mol. The molecule has 1 aliphatic carbocycles. The van der Waals surface area contributed by atoms with Crippen LogP contribution in [0.25, 0.3) is 10.9 Å². The van der Waals surface area contributed by atoms with Crippen LogP contribution in [0.2, 0.25) is 5.02 Å². The molecule has 0 amide bonds. The molecule has 3 rings (SSSR count). The Morgan fingerprint density at radius 1 is 1.50 bits per heavy atom. The fraction of sp³-hybridized carbons (Fsp3) is 0.333. The zero-order chi connectivity index (χ0) is 14.3. The van der Waals surface area contributed by atoms with E-state index in [0.717, 1.165) is 24.1 Å². The minimum absolute atomic E-state index is 0.0438. The van der Waals surface area contributed by atoms with Crippen LogP contribution in [-0.2, 0) is 17.6 Å². The summed E-state index contributed by atoms with van der Waals surface area (Å²) < 4.78 is 5.37. The van der Waals surface area contributed by atoms with Crippen molar-refractivity contribution in [2.24, 2.45) is 0 Å². The molecule has 1 unspecified atom stereocenters. The van der Waals surface area contributed by atoms with Crippen LogP contribution >= 0.6 is 11.6 Å². The van der Waals surface area contributed by atoms with Gasteiger partial charge < -0.3 is 9.84 Å². The Morgan fingerprint density at radius 3 is 3.00 bits per heavy atom. The van der Waals surface area contributed by atoms with Gasteiger partial charge in [-0.15, -0.1) is 0 Å². The lowest BCUT2D eigenvalue weighted by molar-refractivity contribution is 0.0690. The Hall–Kier alpha value is -1.65. The van der Waals surface area contributed by atoms with Gasteiger partial charge in [0.1, 0.15) is 0 Å². The number of rotatable bonds is 2. The van der Waals surface area contributed by atoms with E-state index in [2.05, 4.69) is 4.98 Å². The van der Waals surface area contributed by atoms with Crippen LogP contribution < -0.4 is 0 Å². The molecule has 2 aromatic rings. The summed E-state index contributed by atoms with van der Waals surface area (Å²) in [6.45, 7) is 0. The number of hydrogen-bond acceptors (Lipinski definition) is 3. The van der Waals surface area contributed by atoms with E-state index < -0.39 is 5.97 Å². The van der Waals surface area contributed by atoms with Gasteiger partial charge in [-0.3, -0.25) is 4.98 Å². The van der Waals surface area contributed by atoms with E-state index in [-0.39, 0.29) is 11.7 Å². The second kappa shape index (κ2) is 5.04. The minimum Gasteiger partial charge on any atom is -0.478 e. The van der Waals surface area contributed by atoms with Crippen molar-refractivity contribution in [2.45, 2.75) is 25.4 Å². The number of carboxylic acid groups (broad SMARTS) is 1. The molecule has 0 saturated heterocycles. The zero-order valence-electron chi connectivity index (χ0n) is 11.0. The normalized spacial score (nSPS) is 18.0. The van der Waals surface area contributed by atoms with Gasteiger partial charge in [0.25, 0.3) is 0 Å². The maximum atomic E-state index is 11.7. The zero-order valence-corrected chi connectivity index (χ0v) is 11.8. The van der Waals surface area contributed by atoms with Gasteiger partial charge in [0.2, 0.25) is 0 Å². The van der Waals surface area contributed by atoms with Crippen LogP contribution in [0.5, 0.6) is 0 Å². The van der Waals surface area contributed by atoms with Crippen LogP contribution in [0.4, 0.5) is 0 Å². The number of methoxy groups -OCH3 is 1. The first kappa shape index (κ1) is 13.3. The van der Waals surface area contributed by atoms with Gasteiger partial charge in [0.15, 0.2) is 0 Å². The number of ether oxygens (including phenoxy) is 1. The Kier molecular flexibility index (Phi) is 3.36. The molecule has 0 radical (unpaired) electrons. The van der Waals surface area contributed by atoms with Gasteiger partial charge in [-0.1, -0.05) is 17.7 Å². The molecule has 0 bridgehead atoms. The van der Waals surface area contributed by atoms with Gasteiger partial charge in [0.05, 0.1) is 22.2 Å². The third-order valence-corrected chi connectivity index (χ3v) is 4.14. The lowest BCUT2D eigenvalue weighted by Crippen LogP contribution is -2.24. The topological polar surface area (TPSA) is 59.4 Å². The van der Waals surface area contributed by atoms with Gasteiger partial charge in [0, 0.05) is 24.6 Å². The van der Waals surface area contributed by atoms with Crippen LogP contribution in [0.15, 0.2) is 18.2 Å². The molecule has 5 heteroatoms. The minimum atomic E-state index is -0.960. The fourth-order valence-electron chi connectivity index (χ4n) is 2.85. The highest BCUT2D eigenvalue weighted by Gasteiger charge is 2.27. The van der Waals surface area contributed by atoms with Crippen LogP contribution in [0, 0.1) is 0 Å². The number of halogens is 1. The number of fused-ring (bicyclic) bond motifs is 2. The number of aromatic nitrogens is 1. The molecular formula is C15H14ClNO3. The molecule has 1 aromatic heterocycles. The fourth-order valence-corrected chi connectivity index (χ4v) is 3.12. The van der Waals surface area contributed by atoms with Crippen molar-refractivity contribution in [3.63, 3.8) is 0 Å². The van der Waals surface area contributed by atoms with E-state index >= 15 is 0 Å². The number of nitrogens with zero attached hydrogens (tertiary/aromatic N) is 1. The lowest BCUT2D eigenvalue weighted by Gasteiger charge is -2.25. The molecule has 0 fully saturated rings. The number of pyridine rings is 1. The molecule has 4 nitrogen and oxygen atoms in total. The van der Waals surface area contributed by atoms with Crippen LogP contribution in [0.3, 0.4) is 0 Å². The lowest BCUT2D eigenvalue weighted by atomic mass is 9.88. The van der Waals surface area contributed by atoms with Crippen molar-refractivity contribution in [2.75, 3.05) is 7.11 Å². The van der Waals surface area contributed by atoms with Gasteiger partial charge in [-0.05, 0) is 30.5 Å². The van der Waals surface area contributed by atoms with E-state index in [4.69, 9.17) is 16.3 Å². The summed E-state index contributed by atoms with van der Waals surface area (Å²) in [7, 11) is 1.65. The van der Waals surface area contributed by atoms with Gasteiger partial charge in [-0.25, -0.2) is 4.79 Å². The number of aryl methyl sites for hydroxylation is 1. The summed E-state index contributed by atoms with van der Waals surface area (Å²) in [5.41, 5.74) is 2.53. The van der Waals surface area contributed by atoms with Crippen molar-refractivity contribution < 1.29 is 14.6 Å². The van der Waals surface area contributed by atoms with E-state index in [9.17, 15) is 9.90 Å². The number of carbonyl (C=O) groups is 1. The third-order valence-electron chi connectivity index (χ3n) is 3.83. The predicted molar refractivity (Wildman–Crippen MR) is 76.5 cm³/mol. The molecule has 104 valence electrons.